The molecular formula is C63H119N2O6P. The van der Waals surface area contributed by atoms with Crippen molar-refractivity contribution in [2.45, 2.75) is 296 Å². The molecule has 0 bridgehead atoms. The van der Waals surface area contributed by atoms with Gasteiger partial charge in [0.2, 0.25) is 5.91 Å². The van der Waals surface area contributed by atoms with Crippen molar-refractivity contribution in [3.8, 4) is 0 Å². The Morgan fingerprint density at radius 3 is 1.24 bits per heavy atom. The van der Waals surface area contributed by atoms with Gasteiger partial charge in [-0.05, 0) is 57.8 Å². The van der Waals surface area contributed by atoms with E-state index >= 15 is 0 Å². The van der Waals surface area contributed by atoms with Crippen LogP contribution in [0.15, 0.2) is 60.8 Å². The van der Waals surface area contributed by atoms with E-state index in [0.29, 0.717) is 23.9 Å². The number of quaternary nitrogens is 1. The SMILES string of the molecule is CC/C=C\C/C=C\C/C=C\C/C=C\C/C=C\CCCCCCCCCCCCCCCCCC(=O)NC(COP(=O)([O-])OCC[N+](C)(C)C)C(O)CCCCCCCCCCCCCCCCCCCCC. The Morgan fingerprint density at radius 1 is 0.500 bits per heavy atom. The lowest BCUT2D eigenvalue weighted by Gasteiger charge is -2.30. The van der Waals surface area contributed by atoms with E-state index in [1.54, 1.807) is 0 Å². The van der Waals surface area contributed by atoms with E-state index in [0.717, 1.165) is 70.6 Å². The number of hydrogen-bond acceptors (Lipinski definition) is 6. The molecule has 0 aromatic carbocycles. The third-order valence-electron chi connectivity index (χ3n) is 13.8. The summed E-state index contributed by atoms with van der Waals surface area (Å²) in [6.07, 6.45) is 72.6. The predicted octanol–water partition coefficient (Wildman–Crippen LogP) is 18.2. The minimum Gasteiger partial charge on any atom is -0.756 e. The number of amides is 1. The summed E-state index contributed by atoms with van der Waals surface area (Å²) in [5.74, 6) is -0.163. The molecule has 72 heavy (non-hydrogen) atoms. The molecule has 0 rings (SSSR count). The monoisotopic (exact) mass is 1030 g/mol. The Labute approximate surface area is 447 Å². The largest absolute Gasteiger partial charge is 0.756 e. The lowest BCUT2D eigenvalue weighted by atomic mass is 10.0. The van der Waals surface area contributed by atoms with Gasteiger partial charge >= 0.3 is 0 Å². The highest BCUT2D eigenvalue weighted by molar-refractivity contribution is 7.45. The maximum Gasteiger partial charge on any atom is 0.268 e. The highest BCUT2D eigenvalue weighted by Gasteiger charge is 2.24. The molecule has 3 unspecified atom stereocenters. The van der Waals surface area contributed by atoms with E-state index in [2.05, 4.69) is 79.9 Å². The highest BCUT2D eigenvalue weighted by Crippen LogP contribution is 2.38. The molecule has 0 spiro atoms. The molecule has 2 N–H and O–H groups in total. The van der Waals surface area contributed by atoms with Crippen molar-refractivity contribution in [2.24, 2.45) is 0 Å². The van der Waals surface area contributed by atoms with Crippen LogP contribution in [0.2, 0.25) is 0 Å². The number of hydrogen-bond donors (Lipinski definition) is 2. The summed E-state index contributed by atoms with van der Waals surface area (Å²) < 4.78 is 23.5. The number of likely N-dealkylation sites (N-methyl/N-ethyl adjacent to an activating group) is 1. The molecule has 0 aliphatic carbocycles. The second-order valence-corrected chi connectivity index (χ2v) is 23.4. The van der Waals surface area contributed by atoms with Crippen molar-refractivity contribution in [1.29, 1.82) is 0 Å². The molecule has 422 valence electrons. The first-order valence-corrected chi connectivity index (χ1v) is 32.1. The molecule has 9 heteroatoms. The summed E-state index contributed by atoms with van der Waals surface area (Å²) in [6, 6.07) is -0.803. The number of phosphoric ester groups is 1. The molecule has 0 saturated carbocycles. The van der Waals surface area contributed by atoms with E-state index in [4.69, 9.17) is 9.05 Å². The zero-order valence-electron chi connectivity index (χ0n) is 48.1. The number of carbonyl (C=O) groups excluding carboxylic acids is 1. The number of rotatable bonds is 56. The smallest absolute Gasteiger partial charge is 0.268 e. The number of allylic oxidation sites excluding steroid dienone is 10. The van der Waals surface area contributed by atoms with Crippen molar-refractivity contribution < 1.29 is 32.9 Å². The fourth-order valence-corrected chi connectivity index (χ4v) is 9.73. The van der Waals surface area contributed by atoms with Crippen molar-refractivity contribution in [2.75, 3.05) is 40.9 Å². The van der Waals surface area contributed by atoms with Crippen molar-refractivity contribution in [3.05, 3.63) is 60.8 Å². The lowest BCUT2D eigenvalue weighted by molar-refractivity contribution is -0.870. The molecule has 0 radical (unpaired) electrons. The van der Waals surface area contributed by atoms with Gasteiger partial charge in [-0.25, -0.2) is 0 Å². The van der Waals surface area contributed by atoms with Gasteiger partial charge in [-0.15, -0.1) is 0 Å². The number of nitrogens with one attached hydrogen (secondary N) is 1. The second kappa shape index (κ2) is 54.0. The molecule has 0 fully saturated rings. The first-order chi connectivity index (χ1) is 35.0. The second-order valence-electron chi connectivity index (χ2n) is 22.0. The fraction of sp³-hybridized carbons (Fsp3) is 0.825. The van der Waals surface area contributed by atoms with E-state index in [-0.39, 0.29) is 19.1 Å². The number of aliphatic hydroxyl groups is 1. The van der Waals surface area contributed by atoms with Crippen LogP contribution in [0.1, 0.15) is 284 Å². The van der Waals surface area contributed by atoms with Gasteiger partial charge in [0, 0.05) is 6.42 Å². The number of phosphoric acid groups is 1. The number of unbranched alkanes of at least 4 members (excludes halogenated alkanes) is 33. The molecule has 3 atom stereocenters. The summed E-state index contributed by atoms with van der Waals surface area (Å²) in [5, 5.41) is 14.0. The van der Waals surface area contributed by atoms with Gasteiger partial charge in [0.1, 0.15) is 13.2 Å². The lowest BCUT2D eigenvalue weighted by Crippen LogP contribution is -2.46. The van der Waals surface area contributed by atoms with Crippen molar-refractivity contribution >= 4 is 13.7 Å². The van der Waals surface area contributed by atoms with Gasteiger partial charge in [-0.3, -0.25) is 9.36 Å². The zero-order valence-corrected chi connectivity index (χ0v) is 49.0. The summed E-state index contributed by atoms with van der Waals surface area (Å²) in [5.41, 5.74) is 0. The summed E-state index contributed by atoms with van der Waals surface area (Å²) in [4.78, 5) is 25.6. The molecule has 0 heterocycles. The predicted molar refractivity (Wildman–Crippen MR) is 311 cm³/mol. The molecule has 0 aromatic heterocycles. The molecule has 8 nitrogen and oxygen atoms in total. The first-order valence-electron chi connectivity index (χ1n) is 30.6. The van der Waals surface area contributed by atoms with Crippen LogP contribution in [-0.4, -0.2) is 68.5 Å². The minimum atomic E-state index is -4.58. The normalized spacial score (nSPS) is 14.3. The molecule has 0 saturated heterocycles. The Bertz CT molecular complexity index is 1360. The third kappa shape index (κ3) is 55.9. The van der Waals surface area contributed by atoms with Gasteiger partial charge < -0.3 is 28.8 Å². The van der Waals surface area contributed by atoms with Crippen LogP contribution >= 0.6 is 7.82 Å². The standard InChI is InChI=1S/C63H119N2O6P/c1-6-8-10-12-14-16-18-20-22-24-26-27-28-29-30-31-32-33-34-35-36-37-39-41-43-45-47-49-51-53-55-57-63(67)64-61(60-71-72(68,69)70-59-58-65(3,4)5)62(66)56-54-52-50-48-46-44-42-40-38-25-23-21-19-17-15-13-11-9-7-2/h8,10,14,16,20,22,26-27,29-30,61-62,66H,6-7,9,11-13,15,17-19,21,23-25,28,31-60H2,1-5H3,(H-,64,67,68,69)/b10-8-,16-14-,22-20-,27-26-,30-29-. The van der Waals surface area contributed by atoms with E-state index < -0.39 is 20.0 Å². The van der Waals surface area contributed by atoms with E-state index in [1.165, 1.54) is 186 Å². The van der Waals surface area contributed by atoms with Gasteiger partial charge in [-0.1, -0.05) is 280 Å². The fourth-order valence-electron chi connectivity index (χ4n) is 9.01. The van der Waals surface area contributed by atoms with Crippen LogP contribution in [0.4, 0.5) is 0 Å². The highest BCUT2D eigenvalue weighted by atomic mass is 31.2. The Hall–Kier alpha value is -1.80. The number of nitrogens with zero attached hydrogens (tertiary/aromatic N) is 1. The van der Waals surface area contributed by atoms with Crippen LogP contribution in [0, 0.1) is 0 Å². The topological polar surface area (TPSA) is 108 Å². The van der Waals surface area contributed by atoms with Crippen LogP contribution in [0.25, 0.3) is 0 Å². The maximum absolute atomic E-state index is 13.0. The van der Waals surface area contributed by atoms with E-state index in [9.17, 15) is 19.4 Å². The van der Waals surface area contributed by atoms with Crippen LogP contribution in [0.3, 0.4) is 0 Å². The third-order valence-corrected chi connectivity index (χ3v) is 14.7. The molecule has 0 aliphatic rings. The van der Waals surface area contributed by atoms with Gasteiger partial charge in [0.25, 0.3) is 7.82 Å². The molecule has 1 amide bonds. The van der Waals surface area contributed by atoms with Crippen LogP contribution in [-0.2, 0) is 18.4 Å². The van der Waals surface area contributed by atoms with Crippen molar-refractivity contribution in [3.63, 3.8) is 0 Å². The summed E-state index contributed by atoms with van der Waals surface area (Å²) in [7, 11) is 1.31. The van der Waals surface area contributed by atoms with Crippen molar-refractivity contribution in [1.82, 2.24) is 5.32 Å². The molecular weight excluding hydrogens is 912 g/mol. The molecule has 0 aliphatic heterocycles. The first kappa shape index (κ1) is 70.2. The minimum absolute atomic E-state index is 0.0118. The van der Waals surface area contributed by atoms with Gasteiger partial charge in [0.05, 0.1) is 39.9 Å². The van der Waals surface area contributed by atoms with Gasteiger partial charge in [0.15, 0.2) is 0 Å². The van der Waals surface area contributed by atoms with Crippen LogP contribution < -0.4 is 10.2 Å². The Balaban J connectivity index is 4.08. The molecule has 0 aromatic rings. The average molecular weight is 1030 g/mol. The number of aliphatic hydroxyl groups excluding tert-OH is 1. The quantitative estimate of drug-likeness (QED) is 0.0272. The Kier molecular flexibility index (Phi) is 52.7. The summed E-state index contributed by atoms with van der Waals surface area (Å²) in [6.45, 7) is 4.64. The number of carbonyl (C=O) groups is 1. The average Bonchev–Trinajstić information content (AvgIpc) is 3.34. The van der Waals surface area contributed by atoms with E-state index in [1.807, 2.05) is 21.1 Å². The Morgan fingerprint density at radius 2 is 0.847 bits per heavy atom. The van der Waals surface area contributed by atoms with Gasteiger partial charge in [-0.2, -0.15) is 0 Å². The summed E-state index contributed by atoms with van der Waals surface area (Å²) >= 11 is 0. The van der Waals surface area contributed by atoms with Crippen LogP contribution in [0.5, 0.6) is 0 Å². The zero-order chi connectivity index (χ0) is 52.7. The maximum atomic E-state index is 13.0.